The highest BCUT2D eigenvalue weighted by atomic mass is 16.4. The van der Waals surface area contributed by atoms with Gasteiger partial charge in [-0.2, -0.15) is 4.52 Å². The first kappa shape index (κ1) is 15.9. The van der Waals surface area contributed by atoms with Crippen LogP contribution in [-0.4, -0.2) is 37.9 Å². The lowest BCUT2D eigenvalue weighted by atomic mass is 10.1. The number of hydrogen-bond donors (Lipinski definition) is 1. The minimum Gasteiger partial charge on any atom is -0.478 e. The number of benzene rings is 1. The summed E-state index contributed by atoms with van der Waals surface area (Å²) in [5, 5.41) is 22.1. The average molecular weight is 325 g/mol. The number of aryl methyl sites for hydroxylation is 1. The van der Waals surface area contributed by atoms with Gasteiger partial charge in [-0.05, 0) is 26.3 Å². The number of carboxylic acid groups (broad SMARTS) is 1. The molecule has 0 bridgehead atoms. The summed E-state index contributed by atoms with van der Waals surface area (Å²) < 4.78 is 1.49. The highest BCUT2D eigenvalue weighted by molar-refractivity contribution is 5.97. The Morgan fingerprint density at radius 3 is 2.50 bits per heavy atom. The fourth-order valence-electron chi connectivity index (χ4n) is 2.81. The van der Waals surface area contributed by atoms with E-state index in [9.17, 15) is 9.90 Å². The Bertz CT molecular complexity index is 904. The molecule has 124 valence electrons. The molecule has 3 aromatic rings. The van der Waals surface area contributed by atoms with E-state index in [0.29, 0.717) is 17.2 Å². The molecule has 3 rings (SSSR count). The molecule has 0 amide bonds. The van der Waals surface area contributed by atoms with Gasteiger partial charge in [0.15, 0.2) is 17.3 Å². The normalized spacial score (nSPS) is 12.3. The van der Waals surface area contributed by atoms with Gasteiger partial charge < -0.3 is 10.0 Å². The Morgan fingerprint density at radius 2 is 1.88 bits per heavy atom. The SMILES string of the molecule is Cc1c(N(C)[C@@H](C)c2ccccc2)nn2c(C)nnc2c1C(=O)O. The number of carboxylic acids is 1. The van der Waals surface area contributed by atoms with Crippen LogP contribution in [0.1, 0.15) is 40.3 Å². The maximum absolute atomic E-state index is 11.7. The lowest BCUT2D eigenvalue weighted by Gasteiger charge is -2.28. The lowest BCUT2D eigenvalue weighted by molar-refractivity contribution is 0.0697. The molecule has 0 aliphatic rings. The standard InChI is InChI=1S/C17H19N5O2/c1-10-14(17(23)24)16-19-18-12(3)22(16)20-15(10)21(4)11(2)13-8-6-5-7-9-13/h5-9,11H,1-4H3,(H,23,24)/t11-/m0/s1. The molecule has 1 aromatic carbocycles. The summed E-state index contributed by atoms with van der Waals surface area (Å²) in [5.74, 6) is 0.114. The van der Waals surface area contributed by atoms with Crippen molar-refractivity contribution in [2.24, 2.45) is 0 Å². The van der Waals surface area contributed by atoms with E-state index in [-0.39, 0.29) is 17.3 Å². The molecule has 24 heavy (non-hydrogen) atoms. The van der Waals surface area contributed by atoms with Gasteiger partial charge in [-0.25, -0.2) is 4.79 Å². The van der Waals surface area contributed by atoms with Crippen LogP contribution in [0.25, 0.3) is 5.65 Å². The van der Waals surface area contributed by atoms with Gasteiger partial charge in [0, 0.05) is 12.6 Å². The fourth-order valence-corrected chi connectivity index (χ4v) is 2.81. The van der Waals surface area contributed by atoms with Crippen LogP contribution >= 0.6 is 0 Å². The first-order chi connectivity index (χ1) is 11.4. The van der Waals surface area contributed by atoms with Crippen molar-refractivity contribution in [1.82, 2.24) is 19.8 Å². The molecule has 1 atom stereocenters. The van der Waals surface area contributed by atoms with Gasteiger partial charge in [-0.15, -0.1) is 15.3 Å². The Balaban J connectivity index is 2.17. The van der Waals surface area contributed by atoms with Crippen molar-refractivity contribution in [3.05, 3.63) is 52.8 Å². The van der Waals surface area contributed by atoms with E-state index in [4.69, 9.17) is 0 Å². The molecule has 0 saturated carbocycles. The summed E-state index contributed by atoms with van der Waals surface area (Å²) in [5.41, 5.74) is 2.10. The zero-order chi connectivity index (χ0) is 17.4. The van der Waals surface area contributed by atoms with Crippen LogP contribution in [0, 0.1) is 13.8 Å². The van der Waals surface area contributed by atoms with Gasteiger partial charge >= 0.3 is 5.97 Å². The van der Waals surface area contributed by atoms with Gasteiger partial charge in [0.1, 0.15) is 5.56 Å². The Kier molecular flexibility index (Phi) is 3.92. The molecule has 1 N–H and O–H groups in total. The molecule has 2 heterocycles. The summed E-state index contributed by atoms with van der Waals surface area (Å²) >= 11 is 0. The molecule has 0 aliphatic heterocycles. The first-order valence-electron chi connectivity index (χ1n) is 7.65. The number of rotatable bonds is 4. The molecule has 0 aliphatic carbocycles. The lowest BCUT2D eigenvalue weighted by Crippen LogP contribution is -2.25. The summed E-state index contributed by atoms with van der Waals surface area (Å²) in [7, 11) is 1.91. The highest BCUT2D eigenvalue weighted by Crippen LogP contribution is 2.29. The van der Waals surface area contributed by atoms with Crippen LogP contribution in [0.4, 0.5) is 5.82 Å². The molecule has 2 aromatic heterocycles. The molecule has 0 spiro atoms. The van der Waals surface area contributed by atoms with Crippen LogP contribution in [0.15, 0.2) is 30.3 Å². The van der Waals surface area contributed by atoms with Crippen molar-refractivity contribution in [1.29, 1.82) is 0 Å². The fraction of sp³-hybridized carbons (Fsp3) is 0.294. The van der Waals surface area contributed by atoms with Crippen molar-refractivity contribution in [2.75, 3.05) is 11.9 Å². The predicted octanol–water partition coefficient (Wildman–Crippen LogP) is 2.64. The van der Waals surface area contributed by atoms with Crippen LogP contribution in [0.5, 0.6) is 0 Å². The monoisotopic (exact) mass is 325 g/mol. The summed E-state index contributed by atoms with van der Waals surface area (Å²) in [6, 6.07) is 10.0. The van der Waals surface area contributed by atoms with Crippen LogP contribution in [0.3, 0.4) is 0 Å². The van der Waals surface area contributed by atoms with E-state index in [1.165, 1.54) is 4.52 Å². The number of fused-ring (bicyclic) bond motifs is 1. The van der Waals surface area contributed by atoms with Crippen LogP contribution < -0.4 is 4.90 Å². The quantitative estimate of drug-likeness (QED) is 0.794. The minimum atomic E-state index is -1.03. The zero-order valence-electron chi connectivity index (χ0n) is 14.1. The van der Waals surface area contributed by atoms with Gasteiger partial charge in [0.25, 0.3) is 0 Å². The third-order valence-corrected chi connectivity index (χ3v) is 4.34. The second-order valence-corrected chi connectivity index (χ2v) is 5.81. The van der Waals surface area contributed by atoms with Crippen LogP contribution in [0.2, 0.25) is 0 Å². The summed E-state index contributed by atoms with van der Waals surface area (Å²) in [6.07, 6.45) is 0. The summed E-state index contributed by atoms with van der Waals surface area (Å²) in [4.78, 5) is 13.7. The molecule has 0 radical (unpaired) electrons. The number of anilines is 1. The molecule has 7 nitrogen and oxygen atoms in total. The predicted molar refractivity (Wildman–Crippen MR) is 90.5 cm³/mol. The topological polar surface area (TPSA) is 83.6 Å². The number of aromatic nitrogens is 4. The van der Waals surface area contributed by atoms with Gasteiger partial charge in [0.2, 0.25) is 0 Å². The maximum Gasteiger partial charge on any atom is 0.340 e. The number of nitrogens with zero attached hydrogens (tertiary/aromatic N) is 5. The molecular formula is C17H19N5O2. The zero-order valence-corrected chi connectivity index (χ0v) is 14.1. The molecule has 0 saturated heterocycles. The van der Waals surface area contributed by atoms with E-state index in [1.54, 1.807) is 13.8 Å². The number of carbonyl (C=O) groups is 1. The average Bonchev–Trinajstić information content (AvgIpc) is 2.94. The minimum absolute atomic E-state index is 0.0354. The Hall–Kier alpha value is -2.96. The second kappa shape index (κ2) is 5.92. The van der Waals surface area contributed by atoms with Crippen LogP contribution in [-0.2, 0) is 0 Å². The van der Waals surface area contributed by atoms with Crippen molar-refractivity contribution in [3.8, 4) is 0 Å². The third kappa shape index (κ3) is 2.47. The van der Waals surface area contributed by atoms with Crippen molar-refractivity contribution in [3.63, 3.8) is 0 Å². The van der Waals surface area contributed by atoms with Gasteiger partial charge in [-0.3, -0.25) is 0 Å². The molecule has 0 fully saturated rings. The van der Waals surface area contributed by atoms with Crippen molar-refractivity contribution < 1.29 is 9.90 Å². The smallest absolute Gasteiger partial charge is 0.340 e. The Labute approximate surface area is 139 Å². The number of aromatic carboxylic acids is 1. The van der Waals surface area contributed by atoms with Crippen molar-refractivity contribution >= 4 is 17.4 Å². The highest BCUT2D eigenvalue weighted by Gasteiger charge is 2.24. The van der Waals surface area contributed by atoms with Gasteiger partial charge in [0.05, 0.1) is 6.04 Å². The third-order valence-electron chi connectivity index (χ3n) is 4.34. The van der Waals surface area contributed by atoms with E-state index < -0.39 is 5.97 Å². The molecule has 7 heteroatoms. The van der Waals surface area contributed by atoms with E-state index in [0.717, 1.165) is 5.56 Å². The summed E-state index contributed by atoms with van der Waals surface area (Å²) in [6.45, 7) is 5.56. The van der Waals surface area contributed by atoms with E-state index in [2.05, 4.69) is 22.2 Å². The molecule has 0 unspecified atom stereocenters. The van der Waals surface area contributed by atoms with E-state index >= 15 is 0 Å². The van der Waals surface area contributed by atoms with Gasteiger partial charge in [-0.1, -0.05) is 30.3 Å². The second-order valence-electron chi connectivity index (χ2n) is 5.81. The maximum atomic E-state index is 11.7. The first-order valence-corrected chi connectivity index (χ1v) is 7.65. The number of hydrogen-bond acceptors (Lipinski definition) is 5. The van der Waals surface area contributed by atoms with Crippen molar-refractivity contribution in [2.45, 2.75) is 26.8 Å². The van der Waals surface area contributed by atoms with E-state index in [1.807, 2.05) is 42.3 Å². The molecular weight excluding hydrogens is 306 g/mol. The largest absolute Gasteiger partial charge is 0.478 e. The Morgan fingerprint density at radius 1 is 1.21 bits per heavy atom.